The summed E-state index contributed by atoms with van der Waals surface area (Å²) < 4.78 is 40.8. The van der Waals surface area contributed by atoms with Gasteiger partial charge in [-0.15, -0.1) is 0 Å². The second-order valence-corrected chi connectivity index (χ2v) is 8.78. The molecule has 2 amide bonds. The van der Waals surface area contributed by atoms with Gasteiger partial charge in [0.1, 0.15) is 10.7 Å². The van der Waals surface area contributed by atoms with E-state index in [0.29, 0.717) is 22.5 Å². The third-order valence-electron chi connectivity index (χ3n) is 4.92. The van der Waals surface area contributed by atoms with Crippen molar-refractivity contribution in [2.24, 2.45) is 0 Å². The lowest BCUT2D eigenvalue weighted by molar-refractivity contribution is 0.253. The summed E-state index contributed by atoms with van der Waals surface area (Å²) in [7, 11) is -4.07. The lowest BCUT2D eigenvalue weighted by Crippen LogP contribution is -2.51. The van der Waals surface area contributed by atoms with Crippen molar-refractivity contribution in [3.63, 3.8) is 0 Å². The van der Waals surface area contributed by atoms with E-state index < -0.39 is 16.1 Å². The van der Waals surface area contributed by atoms with E-state index in [1.807, 2.05) is 13.0 Å². The van der Waals surface area contributed by atoms with Crippen LogP contribution >= 0.6 is 0 Å². The number of carbonyl (C=O) groups is 1. The van der Waals surface area contributed by atoms with Crippen LogP contribution in [0.1, 0.15) is 16.7 Å². The number of aryl methyl sites for hydroxylation is 2. The number of hydrogen-bond donors (Lipinski definition) is 0. The Balaban J connectivity index is 1.89. The van der Waals surface area contributed by atoms with Crippen LogP contribution < -0.4 is 9.21 Å². The van der Waals surface area contributed by atoms with E-state index in [-0.39, 0.29) is 17.3 Å². The number of carbonyl (C=O) groups excluding carboxylic acids is 1. The molecule has 0 saturated heterocycles. The fourth-order valence-electron chi connectivity index (χ4n) is 3.41. The van der Waals surface area contributed by atoms with Crippen LogP contribution in [0.3, 0.4) is 0 Å². The van der Waals surface area contributed by atoms with E-state index in [1.54, 1.807) is 49.4 Å². The number of sulfonamides is 1. The fraction of sp³-hybridized carbons (Fsp3) is 0.136. The van der Waals surface area contributed by atoms with Crippen molar-refractivity contribution in [2.45, 2.75) is 25.3 Å². The Hall–Kier alpha value is -3.19. The summed E-state index contributed by atoms with van der Waals surface area (Å²) in [4.78, 5) is 14.9. The molecule has 4 rings (SSSR count). The molecule has 0 aliphatic carbocycles. The normalized spacial score (nSPS) is 15.3. The van der Waals surface area contributed by atoms with Gasteiger partial charge in [-0.1, -0.05) is 36.4 Å². The van der Waals surface area contributed by atoms with Crippen LogP contribution in [0.2, 0.25) is 0 Å². The summed E-state index contributed by atoms with van der Waals surface area (Å²) in [5.41, 5.74) is 2.85. The molecule has 0 unspecified atom stereocenters. The van der Waals surface area contributed by atoms with Gasteiger partial charge in [0.15, 0.2) is 0 Å². The summed E-state index contributed by atoms with van der Waals surface area (Å²) in [5, 5.41) is 0. The molecule has 0 fully saturated rings. The van der Waals surface area contributed by atoms with Crippen LogP contribution in [0.25, 0.3) is 0 Å². The van der Waals surface area contributed by atoms with Crippen LogP contribution in [-0.2, 0) is 16.6 Å². The topological polar surface area (TPSA) is 57.7 Å². The van der Waals surface area contributed by atoms with Crippen molar-refractivity contribution >= 4 is 27.4 Å². The summed E-state index contributed by atoms with van der Waals surface area (Å²) in [6.45, 7) is 3.73. The van der Waals surface area contributed by atoms with Gasteiger partial charge in [-0.05, 0) is 60.9 Å². The fourth-order valence-corrected chi connectivity index (χ4v) is 5.06. The zero-order valence-electron chi connectivity index (χ0n) is 16.0. The van der Waals surface area contributed by atoms with E-state index in [2.05, 4.69) is 0 Å². The highest BCUT2D eigenvalue weighted by atomic mass is 32.2. The first-order chi connectivity index (χ1) is 13.8. The third-order valence-corrected chi connectivity index (χ3v) is 6.65. The van der Waals surface area contributed by atoms with Gasteiger partial charge in [-0.25, -0.2) is 17.6 Å². The highest BCUT2D eigenvalue weighted by Gasteiger charge is 2.42. The largest absolute Gasteiger partial charge is 0.343 e. The van der Waals surface area contributed by atoms with Crippen molar-refractivity contribution < 1.29 is 17.6 Å². The van der Waals surface area contributed by atoms with Gasteiger partial charge in [0.2, 0.25) is 0 Å². The number of urea groups is 1. The van der Waals surface area contributed by atoms with Crippen molar-refractivity contribution in [2.75, 3.05) is 9.21 Å². The van der Waals surface area contributed by atoms with Gasteiger partial charge < -0.3 is 0 Å². The molecule has 29 heavy (non-hydrogen) atoms. The van der Waals surface area contributed by atoms with Gasteiger partial charge in [0.25, 0.3) is 10.0 Å². The zero-order chi connectivity index (χ0) is 20.8. The second kappa shape index (κ2) is 7.00. The molecule has 7 heteroatoms. The Bertz CT molecular complexity index is 1210. The van der Waals surface area contributed by atoms with Crippen LogP contribution in [-0.4, -0.2) is 14.4 Å². The maximum Gasteiger partial charge on any atom is 0.343 e. The van der Waals surface area contributed by atoms with E-state index >= 15 is 0 Å². The molecule has 0 saturated carbocycles. The predicted octanol–water partition coefficient (Wildman–Crippen LogP) is 4.78. The number of para-hydroxylation sites is 1. The molecule has 1 aliphatic heterocycles. The summed E-state index contributed by atoms with van der Waals surface area (Å²) >= 11 is 0. The Labute approximate surface area is 169 Å². The van der Waals surface area contributed by atoms with Crippen LogP contribution in [0.15, 0.2) is 71.6 Å². The lowest BCUT2D eigenvalue weighted by atomic mass is 10.1. The van der Waals surface area contributed by atoms with Crippen LogP contribution in [0, 0.1) is 19.7 Å². The van der Waals surface area contributed by atoms with Crippen molar-refractivity contribution in [3.8, 4) is 0 Å². The van der Waals surface area contributed by atoms with E-state index in [0.717, 1.165) is 9.87 Å². The third kappa shape index (κ3) is 3.27. The molecule has 0 spiro atoms. The Morgan fingerprint density at radius 2 is 1.59 bits per heavy atom. The molecule has 148 valence electrons. The predicted molar refractivity (Wildman–Crippen MR) is 110 cm³/mol. The molecule has 3 aromatic rings. The number of benzene rings is 3. The highest BCUT2D eigenvalue weighted by Crippen LogP contribution is 2.39. The van der Waals surface area contributed by atoms with E-state index in [4.69, 9.17) is 0 Å². The SMILES string of the molecule is Cc1ccc(C)c(N2C(=O)N(Cc3ccc(F)cc3)c3ccccc3S2(=O)=O)c1. The molecular formula is C22H19FN2O3S. The monoisotopic (exact) mass is 410 g/mol. The second-order valence-electron chi connectivity index (χ2n) is 7.02. The van der Waals surface area contributed by atoms with E-state index in [9.17, 15) is 17.6 Å². The average molecular weight is 410 g/mol. The molecular weight excluding hydrogens is 391 g/mol. The summed E-state index contributed by atoms with van der Waals surface area (Å²) in [6.07, 6.45) is 0. The number of halogens is 1. The minimum atomic E-state index is -4.07. The van der Waals surface area contributed by atoms with E-state index in [1.165, 1.54) is 23.1 Å². The number of hydrogen-bond acceptors (Lipinski definition) is 3. The first kappa shape index (κ1) is 19.1. The number of amides is 2. The van der Waals surface area contributed by atoms with Gasteiger partial charge in [-0.2, -0.15) is 4.31 Å². The van der Waals surface area contributed by atoms with Crippen molar-refractivity contribution in [1.82, 2.24) is 0 Å². The Morgan fingerprint density at radius 1 is 0.897 bits per heavy atom. The zero-order valence-corrected chi connectivity index (χ0v) is 16.8. The molecule has 0 radical (unpaired) electrons. The first-order valence-electron chi connectivity index (χ1n) is 9.06. The molecule has 0 N–H and O–H groups in total. The number of rotatable bonds is 3. The number of anilines is 2. The quantitative estimate of drug-likeness (QED) is 0.625. The highest BCUT2D eigenvalue weighted by molar-refractivity contribution is 7.94. The van der Waals surface area contributed by atoms with Crippen LogP contribution in [0.4, 0.5) is 20.6 Å². The maximum atomic E-state index is 13.4. The first-order valence-corrected chi connectivity index (χ1v) is 10.5. The Morgan fingerprint density at radius 3 is 2.31 bits per heavy atom. The van der Waals surface area contributed by atoms with Gasteiger partial charge in [0.05, 0.1) is 17.9 Å². The maximum absolute atomic E-state index is 13.4. The van der Waals surface area contributed by atoms with Crippen molar-refractivity contribution in [3.05, 3.63) is 89.2 Å². The van der Waals surface area contributed by atoms with Gasteiger partial charge >= 0.3 is 6.03 Å². The Kier molecular flexibility index (Phi) is 4.62. The molecule has 0 atom stereocenters. The molecule has 1 heterocycles. The molecule has 3 aromatic carbocycles. The lowest BCUT2D eigenvalue weighted by Gasteiger charge is -2.37. The number of nitrogens with zero attached hydrogens (tertiary/aromatic N) is 2. The van der Waals surface area contributed by atoms with Gasteiger partial charge in [0, 0.05) is 0 Å². The molecule has 5 nitrogen and oxygen atoms in total. The minimum absolute atomic E-state index is 0.0580. The molecule has 0 aromatic heterocycles. The average Bonchev–Trinajstić information content (AvgIpc) is 2.69. The minimum Gasteiger partial charge on any atom is -0.287 e. The van der Waals surface area contributed by atoms with Gasteiger partial charge in [-0.3, -0.25) is 4.90 Å². The molecule has 0 bridgehead atoms. The smallest absolute Gasteiger partial charge is 0.287 e. The van der Waals surface area contributed by atoms with Crippen molar-refractivity contribution in [1.29, 1.82) is 0 Å². The standard InChI is InChI=1S/C22H19FN2O3S/c1-15-7-8-16(2)20(13-15)25-22(26)24(14-17-9-11-18(23)12-10-17)19-5-3-4-6-21(19)29(25,27)28/h3-13H,14H2,1-2H3. The summed E-state index contributed by atoms with van der Waals surface area (Å²) in [6, 6.07) is 16.9. The molecule has 1 aliphatic rings. The summed E-state index contributed by atoms with van der Waals surface area (Å²) in [5.74, 6) is -0.376. The van der Waals surface area contributed by atoms with Crippen LogP contribution in [0.5, 0.6) is 0 Å². The number of fused-ring (bicyclic) bond motifs is 1.